The van der Waals surface area contributed by atoms with Crippen molar-refractivity contribution in [3.63, 3.8) is 0 Å². The van der Waals surface area contributed by atoms with E-state index in [1.165, 1.54) is 0 Å². The summed E-state index contributed by atoms with van der Waals surface area (Å²) in [6, 6.07) is 12.1. The highest BCUT2D eigenvalue weighted by Gasteiger charge is 2.21. The minimum atomic E-state index is 0.0839. The number of amides is 1. The molecule has 1 aromatic carbocycles. The van der Waals surface area contributed by atoms with Gasteiger partial charge in [-0.1, -0.05) is 18.2 Å². The first kappa shape index (κ1) is 15.9. The number of para-hydroxylation sites is 1. The Bertz CT molecular complexity index is 864. The summed E-state index contributed by atoms with van der Waals surface area (Å²) in [5.74, 6) is 0.0839. The molecule has 1 fully saturated rings. The van der Waals surface area contributed by atoms with Crippen LogP contribution in [0.2, 0.25) is 0 Å². The van der Waals surface area contributed by atoms with E-state index >= 15 is 0 Å². The van der Waals surface area contributed by atoms with Crippen LogP contribution in [0, 0.1) is 0 Å². The lowest BCUT2D eigenvalue weighted by atomic mass is 10.2. The monoisotopic (exact) mass is 352 g/mol. The SMILES string of the molecule is CN(c1ccccc1)c1nc(-c2c[nH]c(C(=O)N3CCCC3)c2)cs1. The van der Waals surface area contributed by atoms with E-state index < -0.39 is 0 Å². The highest BCUT2D eigenvalue weighted by atomic mass is 32.1. The van der Waals surface area contributed by atoms with E-state index in [1.54, 1.807) is 11.3 Å². The van der Waals surface area contributed by atoms with Crippen LogP contribution in [-0.2, 0) is 0 Å². The van der Waals surface area contributed by atoms with Gasteiger partial charge in [0.25, 0.3) is 5.91 Å². The number of anilines is 2. The summed E-state index contributed by atoms with van der Waals surface area (Å²) in [6.45, 7) is 1.71. The Labute approximate surface area is 150 Å². The zero-order valence-corrected chi connectivity index (χ0v) is 14.9. The molecule has 0 atom stereocenters. The van der Waals surface area contributed by atoms with E-state index in [1.807, 2.05) is 47.8 Å². The molecule has 1 aliphatic heterocycles. The molecule has 25 heavy (non-hydrogen) atoms. The van der Waals surface area contributed by atoms with Crippen LogP contribution in [0.15, 0.2) is 48.0 Å². The topological polar surface area (TPSA) is 52.2 Å². The van der Waals surface area contributed by atoms with E-state index in [2.05, 4.69) is 22.0 Å². The fourth-order valence-electron chi connectivity index (χ4n) is 3.07. The summed E-state index contributed by atoms with van der Waals surface area (Å²) < 4.78 is 0. The number of nitrogens with zero attached hydrogens (tertiary/aromatic N) is 3. The van der Waals surface area contributed by atoms with Gasteiger partial charge < -0.3 is 14.8 Å². The number of hydrogen-bond donors (Lipinski definition) is 1. The lowest BCUT2D eigenvalue weighted by Crippen LogP contribution is -2.27. The predicted molar refractivity (Wildman–Crippen MR) is 102 cm³/mol. The Balaban J connectivity index is 1.53. The molecule has 0 saturated carbocycles. The molecule has 6 heteroatoms. The molecule has 4 rings (SSSR count). The van der Waals surface area contributed by atoms with Crippen molar-refractivity contribution in [3.8, 4) is 11.3 Å². The Morgan fingerprint density at radius 2 is 2.00 bits per heavy atom. The quantitative estimate of drug-likeness (QED) is 0.768. The first-order valence-electron chi connectivity index (χ1n) is 8.45. The number of H-pyrrole nitrogens is 1. The minimum absolute atomic E-state index is 0.0839. The molecule has 128 valence electrons. The number of aromatic amines is 1. The summed E-state index contributed by atoms with van der Waals surface area (Å²) in [4.78, 5) is 24.3. The molecule has 0 spiro atoms. The highest BCUT2D eigenvalue weighted by Crippen LogP contribution is 2.31. The summed E-state index contributed by atoms with van der Waals surface area (Å²) >= 11 is 1.60. The van der Waals surface area contributed by atoms with E-state index in [0.717, 1.165) is 48.0 Å². The van der Waals surface area contributed by atoms with Gasteiger partial charge in [-0.15, -0.1) is 11.3 Å². The van der Waals surface area contributed by atoms with Crippen LogP contribution in [0.25, 0.3) is 11.3 Å². The van der Waals surface area contributed by atoms with Crippen molar-refractivity contribution in [1.29, 1.82) is 0 Å². The first-order valence-corrected chi connectivity index (χ1v) is 9.33. The zero-order valence-electron chi connectivity index (χ0n) is 14.1. The molecular formula is C19H20N4OS. The Morgan fingerprint density at radius 1 is 1.24 bits per heavy atom. The van der Waals surface area contributed by atoms with Gasteiger partial charge in [-0.25, -0.2) is 4.98 Å². The third-order valence-electron chi connectivity index (χ3n) is 4.52. The third kappa shape index (κ3) is 3.17. The lowest BCUT2D eigenvalue weighted by molar-refractivity contribution is 0.0788. The van der Waals surface area contributed by atoms with E-state index in [4.69, 9.17) is 4.98 Å². The lowest BCUT2D eigenvalue weighted by Gasteiger charge is -2.15. The summed E-state index contributed by atoms with van der Waals surface area (Å²) in [5, 5.41) is 2.96. The van der Waals surface area contributed by atoms with Gasteiger partial charge in [0.15, 0.2) is 5.13 Å². The van der Waals surface area contributed by atoms with E-state index in [9.17, 15) is 4.79 Å². The van der Waals surface area contributed by atoms with Gasteiger partial charge in [-0.2, -0.15) is 0 Å². The van der Waals surface area contributed by atoms with Gasteiger partial charge in [0, 0.05) is 43.0 Å². The van der Waals surface area contributed by atoms with Crippen LogP contribution >= 0.6 is 11.3 Å². The van der Waals surface area contributed by atoms with Crippen LogP contribution in [0.4, 0.5) is 10.8 Å². The zero-order chi connectivity index (χ0) is 17.2. The van der Waals surface area contributed by atoms with Crippen LogP contribution in [-0.4, -0.2) is 40.9 Å². The van der Waals surface area contributed by atoms with Crippen molar-refractivity contribution < 1.29 is 4.79 Å². The molecule has 1 amide bonds. The maximum absolute atomic E-state index is 12.5. The highest BCUT2D eigenvalue weighted by molar-refractivity contribution is 7.14. The second-order valence-corrected chi connectivity index (χ2v) is 7.05. The summed E-state index contributed by atoms with van der Waals surface area (Å²) in [6.07, 6.45) is 4.06. The molecule has 0 radical (unpaired) electrons. The normalized spacial score (nSPS) is 14.0. The molecule has 0 bridgehead atoms. The maximum Gasteiger partial charge on any atom is 0.270 e. The molecular weight excluding hydrogens is 332 g/mol. The summed E-state index contributed by atoms with van der Waals surface area (Å²) in [5.41, 5.74) is 3.58. The van der Waals surface area contributed by atoms with Gasteiger partial charge in [-0.05, 0) is 31.0 Å². The number of likely N-dealkylation sites (tertiary alicyclic amines) is 1. The van der Waals surface area contributed by atoms with Crippen molar-refractivity contribution in [2.75, 3.05) is 25.0 Å². The van der Waals surface area contributed by atoms with E-state index in [0.29, 0.717) is 5.69 Å². The van der Waals surface area contributed by atoms with Gasteiger partial charge in [-0.3, -0.25) is 4.79 Å². The molecule has 5 nitrogen and oxygen atoms in total. The average molecular weight is 352 g/mol. The van der Waals surface area contributed by atoms with Crippen molar-refractivity contribution in [3.05, 3.63) is 53.7 Å². The largest absolute Gasteiger partial charge is 0.357 e. The minimum Gasteiger partial charge on any atom is -0.357 e. The van der Waals surface area contributed by atoms with Crippen molar-refractivity contribution >= 4 is 28.1 Å². The molecule has 1 saturated heterocycles. The van der Waals surface area contributed by atoms with Crippen LogP contribution in [0.1, 0.15) is 23.3 Å². The van der Waals surface area contributed by atoms with E-state index in [-0.39, 0.29) is 5.91 Å². The number of hydrogen-bond acceptors (Lipinski definition) is 4. The Morgan fingerprint density at radius 3 is 2.76 bits per heavy atom. The van der Waals surface area contributed by atoms with Crippen molar-refractivity contribution in [2.45, 2.75) is 12.8 Å². The van der Waals surface area contributed by atoms with Crippen LogP contribution in [0.3, 0.4) is 0 Å². The Kier molecular flexibility index (Phi) is 4.28. The molecule has 0 aliphatic carbocycles. The second-order valence-electron chi connectivity index (χ2n) is 6.21. The predicted octanol–water partition coefficient (Wildman–Crippen LogP) is 4.14. The van der Waals surface area contributed by atoms with Gasteiger partial charge in [0.1, 0.15) is 5.69 Å². The van der Waals surface area contributed by atoms with Gasteiger partial charge >= 0.3 is 0 Å². The van der Waals surface area contributed by atoms with Crippen LogP contribution in [0.5, 0.6) is 0 Å². The van der Waals surface area contributed by atoms with Gasteiger partial charge in [0.05, 0.1) is 5.69 Å². The first-order chi connectivity index (χ1) is 12.2. The number of carbonyl (C=O) groups is 1. The maximum atomic E-state index is 12.5. The van der Waals surface area contributed by atoms with Crippen molar-refractivity contribution in [1.82, 2.24) is 14.9 Å². The molecule has 1 N–H and O–H groups in total. The fraction of sp³-hybridized carbons (Fsp3) is 0.263. The molecule has 0 unspecified atom stereocenters. The number of aromatic nitrogens is 2. The van der Waals surface area contributed by atoms with Gasteiger partial charge in [0.2, 0.25) is 0 Å². The number of carbonyl (C=O) groups excluding carboxylic acids is 1. The molecule has 3 heterocycles. The second kappa shape index (κ2) is 6.72. The number of thiazole rings is 1. The third-order valence-corrected chi connectivity index (χ3v) is 5.44. The smallest absolute Gasteiger partial charge is 0.270 e. The number of nitrogens with one attached hydrogen (secondary N) is 1. The van der Waals surface area contributed by atoms with Crippen molar-refractivity contribution in [2.24, 2.45) is 0 Å². The molecule has 3 aromatic rings. The molecule has 1 aliphatic rings. The fourth-order valence-corrected chi connectivity index (χ4v) is 3.89. The summed E-state index contributed by atoms with van der Waals surface area (Å²) in [7, 11) is 2.01. The van der Waals surface area contributed by atoms with Crippen LogP contribution < -0.4 is 4.90 Å². The number of rotatable bonds is 4. The molecule has 2 aromatic heterocycles. The number of benzene rings is 1. The average Bonchev–Trinajstić information content (AvgIpc) is 3.42. The standard InChI is InChI=1S/C19H20N4OS/c1-22(15-7-3-2-4-8-15)19-21-17(13-25-19)14-11-16(20-12-14)18(24)23-9-5-6-10-23/h2-4,7-8,11-13,20H,5-6,9-10H2,1H3. The Hall–Kier alpha value is -2.60.